The Morgan fingerprint density at radius 2 is 2.40 bits per heavy atom. The van der Waals surface area contributed by atoms with Crippen LogP contribution in [0.5, 0.6) is 0 Å². The van der Waals surface area contributed by atoms with Crippen LogP contribution in [0.1, 0.15) is 9.80 Å². The number of nitrogens with one attached hydrogen (secondary N) is 1. The lowest BCUT2D eigenvalue weighted by Gasteiger charge is -1.88. The van der Waals surface area contributed by atoms with E-state index >= 15 is 0 Å². The second kappa shape index (κ2) is 2.61. The Hall–Kier alpha value is -1.17. The van der Waals surface area contributed by atoms with Crippen LogP contribution in [0.3, 0.4) is 0 Å². The molecule has 0 aliphatic heterocycles. The fraction of sp³-hybridized carbons (Fsp3) is 0.250. The number of anilines is 1. The molecule has 1 heterocycles. The molecule has 0 atom stereocenters. The fourth-order valence-corrected chi connectivity index (χ4v) is 0.989. The number of hydrogen-bond donors (Lipinski definition) is 2. The van der Waals surface area contributed by atoms with Crippen LogP contribution < -0.4 is 11.1 Å². The molecular weight excluding hydrogens is 152 g/mol. The largest absolute Gasteiger partial charge is 0.374 e. The maximum atomic E-state index is 10.8. The molecule has 1 rings (SSSR count). The highest BCUT2D eigenvalue weighted by Crippen LogP contribution is 2.09. The van der Waals surface area contributed by atoms with Crippen molar-refractivity contribution < 1.29 is 4.79 Å². The first-order valence-corrected chi connectivity index (χ1v) is 3.36. The Morgan fingerprint density at radius 3 is 2.80 bits per heavy atom. The Kier molecular flexibility index (Phi) is 1.81. The van der Waals surface area contributed by atoms with Gasteiger partial charge in [-0.25, -0.2) is 0 Å². The van der Waals surface area contributed by atoms with Crippen molar-refractivity contribution in [1.29, 1.82) is 0 Å². The number of nitrogen functional groups attached to an aromatic ring is 1. The number of aromatic nitrogens is 2. The molecule has 3 N–H and O–H groups in total. The van der Waals surface area contributed by atoms with Crippen molar-refractivity contribution in [3.63, 3.8) is 0 Å². The van der Waals surface area contributed by atoms with Gasteiger partial charge in [-0.3, -0.25) is 4.79 Å². The van der Waals surface area contributed by atoms with Gasteiger partial charge in [0.05, 0.1) is 0 Å². The molecule has 0 bridgehead atoms. The minimum atomic E-state index is -0.255. The predicted octanol–water partition coefficient (Wildman–Crippen LogP) is -0.520. The highest BCUT2D eigenvalue weighted by molar-refractivity contribution is 7.16. The van der Waals surface area contributed by atoms with E-state index in [4.69, 9.17) is 5.73 Å². The average Bonchev–Trinajstić information content (AvgIpc) is 2.34. The van der Waals surface area contributed by atoms with Crippen molar-refractivity contribution in [1.82, 2.24) is 15.5 Å². The molecule has 10 heavy (non-hydrogen) atoms. The van der Waals surface area contributed by atoms with Gasteiger partial charge in [-0.1, -0.05) is 11.3 Å². The first-order valence-electron chi connectivity index (χ1n) is 2.55. The third-order valence-electron chi connectivity index (χ3n) is 0.862. The van der Waals surface area contributed by atoms with Gasteiger partial charge in [0.1, 0.15) is 0 Å². The van der Waals surface area contributed by atoms with Crippen LogP contribution in [0.2, 0.25) is 0 Å². The van der Waals surface area contributed by atoms with Gasteiger partial charge >= 0.3 is 0 Å². The fourth-order valence-electron chi connectivity index (χ4n) is 0.433. The van der Waals surface area contributed by atoms with Crippen LogP contribution in [-0.2, 0) is 0 Å². The molecular formula is C4H6N4OS. The highest BCUT2D eigenvalue weighted by atomic mass is 32.1. The zero-order chi connectivity index (χ0) is 7.56. The molecule has 0 aliphatic rings. The Balaban J connectivity index is 2.85. The topological polar surface area (TPSA) is 80.9 Å². The summed E-state index contributed by atoms with van der Waals surface area (Å²) in [5, 5.41) is 9.99. The molecule has 1 amide bonds. The van der Waals surface area contributed by atoms with Crippen molar-refractivity contribution in [2.24, 2.45) is 0 Å². The van der Waals surface area contributed by atoms with E-state index in [9.17, 15) is 4.79 Å². The van der Waals surface area contributed by atoms with Gasteiger partial charge in [0.25, 0.3) is 5.91 Å². The smallest absolute Gasteiger partial charge is 0.282 e. The molecule has 54 valence electrons. The summed E-state index contributed by atoms with van der Waals surface area (Å²) < 4.78 is 0. The molecule has 0 aromatic carbocycles. The zero-order valence-electron chi connectivity index (χ0n) is 5.29. The van der Waals surface area contributed by atoms with E-state index < -0.39 is 0 Å². The number of nitrogens with two attached hydrogens (primary N) is 1. The maximum absolute atomic E-state index is 10.8. The van der Waals surface area contributed by atoms with Crippen molar-refractivity contribution in [2.45, 2.75) is 0 Å². The van der Waals surface area contributed by atoms with E-state index in [1.165, 1.54) is 7.05 Å². The number of rotatable bonds is 1. The summed E-state index contributed by atoms with van der Waals surface area (Å²) in [6.07, 6.45) is 0. The summed E-state index contributed by atoms with van der Waals surface area (Å²) in [6.45, 7) is 0. The molecule has 0 fully saturated rings. The third-order valence-corrected chi connectivity index (χ3v) is 1.61. The molecule has 1 aromatic rings. The first-order chi connectivity index (χ1) is 4.74. The van der Waals surface area contributed by atoms with Gasteiger partial charge in [-0.05, 0) is 0 Å². The summed E-state index contributed by atoms with van der Waals surface area (Å²) >= 11 is 1.06. The SMILES string of the molecule is CNC(=O)c1nnc(N)s1. The van der Waals surface area contributed by atoms with E-state index in [1.807, 2.05) is 0 Å². The molecule has 0 saturated carbocycles. The van der Waals surface area contributed by atoms with E-state index in [0.717, 1.165) is 11.3 Å². The van der Waals surface area contributed by atoms with Gasteiger partial charge in [0.2, 0.25) is 10.1 Å². The van der Waals surface area contributed by atoms with Crippen molar-refractivity contribution in [3.8, 4) is 0 Å². The molecule has 0 aliphatic carbocycles. The monoisotopic (exact) mass is 158 g/mol. The number of hydrogen-bond acceptors (Lipinski definition) is 5. The summed E-state index contributed by atoms with van der Waals surface area (Å²) in [7, 11) is 1.53. The lowest BCUT2D eigenvalue weighted by molar-refractivity contribution is 0.0962. The maximum Gasteiger partial charge on any atom is 0.282 e. The average molecular weight is 158 g/mol. The van der Waals surface area contributed by atoms with Crippen molar-refractivity contribution in [2.75, 3.05) is 12.8 Å². The second-order valence-corrected chi connectivity index (χ2v) is 2.53. The van der Waals surface area contributed by atoms with Crippen molar-refractivity contribution >= 4 is 22.4 Å². The van der Waals surface area contributed by atoms with E-state index in [1.54, 1.807) is 0 Å². The lowest BCUT2D eigenvalue weighted by atomic mass is 10.6. The molecule has 1 aromatic heterocycles. The standard InChI is InChI=1S/C4H6N4OS/c1-6-2(9)3-7-8-4(5)10-3/h1H3,(H2,5,8)(H,6,9). The molecule has 0 radical (unpaired) electrons. The normalized spacial score (nSPS) is 9.30. The quantitative estimate of drug-likeness (QED) is 0.576. The molecule has 0 unspecified atom stereocenters. The van der Waals surface area contributed by atoms with Crippen molar-refractivity contribution in [3.05, 3.63) is 5.01 Å². The molecule has 0 saturated heterocycles. The third kappa shape index (κ3) is 1.21. The summed E-state index contributed by atoms with van der Waals surface area (Å²) in [4.78, 5) is 10.8. The molecule has 6 heteroatoms. The number of nitrogens with zero attached hydrogens (tertiary/aromatic N) is 2. The number of amides is 1. The summed E-state index contributed by atoms with van der Waals surface area (Å²) in [6, 6.07) is 0. The summed E-state index contributed by atoms with van der Waals surface area (Å²) in [5.74, 6) is -0.255. The summed E-state index contributed by atoms with van der Waals surface area (Å²) in [5.41, 5.74) is 5.24. The van der Waals surface area contributed by atoms with Crippen LogP contribution in [0.4, 0.5) is 5.13 Å². The zero-order valence-corrected chi connectivity index (χ0v) is 6.10. The van der Waals surface area contributed by atoms with E-state index in [0.29, 0.717) is 10.1 Å². The Morgan fingerprint density at radius 1 is 1.70 bits per heavy atom. The Bertz CT molecular complexity index is 245. The van der Waals surface area contributed by atoms with Crippen LogP contribution in [0, 0.1) is 0 Å². The van der Waals surface area contributed by atoms with Gasteiger partial charge in [0.15, 0.2) is 0 Å². The van der Waals surface area contributed by atoms with Gasteiger partial charge < -0.3 is 11.1 Å². The molecule has 5 nitrogen and oxygen atoms in total. The highest BCUT2D eigenvalue weighted by Gasteiger charge is 2.07. The number of carbonyl (C=O) groups is 1. The van der Waals surface area contributed by atoms with Gasteiger partial charge in [-0.15, -0.1) is 10.2 Å². The van der Waals surface area contributed by atoms with Crippen LogP contribution in [0.15, 0.2) is 0 Å². The van der Waals surface area contributed by atoms with Crippen LogP contribution in [0.25, 0.3) is 0 Å². The van der Waals surface area contributed by atoms with Gasteiger partial charge in [0, 0.05) is 7.05 Å². The van der Waals surface area contributed by atoms with Crippen LogP contribution in [-0.4, -0.2) is 23.2 Å². The van der Waals surface area contributed by atoms with E-state index in [-0.39, 0.29) is 5.91 Å². The number of carbonyl (C=O) groups excluding carboxylic acids is 1. The van der Waals surface area contributed by atoms with Crippen LogP contribution >= 0.6 is 11.3 Å². The molecule has 0 spiro atoms. The lowest BCUT2D eigenvalue weighted by Crippen LogP contribution is -2.17. The van der Waals surface area contributed by atoms with Gasteiger partial charge in [-0.2, -0.15) is 0 Å². The van der Waals surface area contributed by atoms with E-state index in [2.05, 4.69) is 15.5 Å². The predicted molar refractivity (Wildman–Crippen MR) is 37.7 cm³/mol. The first kappa shape index (κ1) is 6.94. The Labute approximate surface area is 61.3 Å². The second-order valence-electron chi connectivity index (χ2n) is 1.52. The minimum Gasteiger partial charge on any atom is -0.374 e. The minimum absolute atomic E-state index is 0.255.